The summed E-state index contributed by atoms with van der Waals surface area (Å²) in [6.45, 7) is 4.19. The summed E-state index contributed by atoms with van der Waals surface area (Å²) in [5.74, 6) is 8.96. The van der Waals surface area contributed by atoms with E-state index in [0.29, 0.717) is 0 Å². The molecule has 0 amide bonds. The van der Waals surface area contributed by atoms with Crippen LogP contribution >= 0.6 is 7.26 Å². The molecule has 1 heterocycles. The van der Waals surface area contributed by atoms with Gasteiger partial charge in [0.1, 0.15) is 0 Å². The molecule has 8 rings (SSSR count). The molecule has 0 saturated heterocycles. The molecular weight excluding hydrogens is 912 g/mol. The first-order chi connectivity index (χ1) is 29.1. The maximum atomic E-state index is 4.76. The van der Waals surface area contributed by atoms with E-state index in [4.69, 9.17) is 10.2 Å². The van der Waals surface area contributed by atoms with E-state index >= 15 is 0 Å². The molecular formula is C54H44N3OsP+. The molecule has 0 aliphatic heterocycles. The Morgan fingerprint density at radius 3 is 1.59 bits per heavy atom. The zero-order valence-electron chi connectivity index (χ0n) is 33.2. The first-order valence-corrected chi connectivity index (χ1v) is 23.1. The van der Waals surface area contributed by atoms with Crippen LogP contribution < -0.4 is 15.9 Å². The topological polar surface area (TPSA) is 30.7 Å². The van der Waals surface area contributed by atoms with Crippen LogP contribution in [0.3, 0.4) is 0 Å². The third-order valence-electron chi connectivity index (χ3n) is 10.8. The third-order valence-corrected chi connectivity index (χ3v) is 16.1. The number of para-hydroxylation sites is 1. The summed E-state index contributed by atoms with van der Waals surface area (Å²) in [5, 5.41) is 14.5. The van der Waals surface area contributed by atoms with Gasteiger partial charge in [-0.25, -0.2) is 0 Å². The van der Waals surface area contributed by atoms with Crippen LogP contribution in [0.4, 0.5) is 0 Å². The van der Waals surface area contributed by atoms with Crippen molar-refractivity contribution in [2.75, 3.05) is 0 Å². The van der Waals surface area contributed by atoms with Gasteiger partial charge in [-0.15, -0.1) is 0 Å². The van der Waals surface area contributed by atoms with Gasteiger partial charge in [0.2, 0.25) is 0 Å². The van der Waals surface area contributed by atoms with Gasteiger partial charge in [0.25, 0.3) is 0 Å². The quantitative estimate of drug-likeness (QED) is 0.107. The normalized spacial score (nSPS) is 14.5. The van der Waals surface area contributed by atoms with E-state index in [1.165, 1.54) is 27.1 Å². The minimum absolute atomic E-state index is 0.773. The Bertz CT molecular complexity index is 2680. The van der Waals surface area contributed by atoms with Crippen molar-refractivity contribution in [1.29, 1.82) is 0 Å². The number of hydrogen-bond acceptors (Lipinski definition) is 2. The first kappa shape index (κ1) is 39.6. The monoisotopic (exact) mass is 957 g/mol. The second kappa shape index (κ2) is 18.6. The van der Waals surface area contributed by atoms with E-state index in [9.17, 15) is 0 Å². The second-order valence-corrected chi connectivity index (χ2v) is 18.3. The Balaban J connectivity index is 1.28. The number of rotatable bonds is 9. The average molecular weight is 956 g/mol. The Kier molecular flexibility index (Phi) is 12.5. The van der Waals surface area contributed by atoms with E-state index in [-0.39, 0.29) is 0 Å². The van der Waals surface area contributed by atoms with E-state index in [1.807, 2.05) is 31.2 Å². The van der Waals surface area contributed by atoms with Crippen LogP contribution in [0.25, 0.3) is 34.5 Å². The maximum absolute atomic E-state index is 4.76. The molecule has 0 radical (unpaired) electrons. The minimum atomic E-state index is -2.45. The van der Waals surface area contributed by atoms with Crippen LogP contribution in [0.1, 0.15) is 44.2 Å². The zero-order chi connectivity index (χ0) is 40.4. The SMILES string of the molecule is CC=C1CCCC1=CC(C#Cc1ccc(-c2nnc(-c3ccc(/C=C\C)cc3)n2-c2ccccc2)cc1)=C([C]#[Os])[P+](c1ccccc1)(c1ccccc1)c1ccccc1. The van der Waals surface area contributed by atoms with Crippen molar-refractivity contribution in [3.63, 3.8) is 0 Å². The fraction of sp³-hybridized carbons (Fsp3) is 0.0926. The van der Waals surface area contributed by atoms with Gasteiger partial charge in [0.05, 0.1) is 0 Å². The fourth-order valence-electron chi connectivity index (χ4n) is 7.96. The van der Waals surface area contributed by atoms with Crippen molar-refractivity contribution < 1.29 is 17.9 Å². The molecule has 6 aromatic carbocycles. The Hall–Kier alpha value is -6.17. The van der Waals surface area contributed by atoms with Gasteiger partial charge in [-0.05, 0) is 24.6 Å². The fourth-order valence-corrected chi connectivity index (χ4v) is 13.7. The summed E-state index contributed by atoms with van der Waals surface area (Å²) in [7, 11) is -2.45. The van der Waals surface area contributed by atoms with Crippen molar-refractivity contribution >= 4 is 29.3 Å². The molecule has 59 heavy (non-hydrogen) atoms. The molecule has 3 nitrogen and oxygen atoms in total. The first-order valence-electron chi connectivity index (χ1n) is 20.0. The summed E-state index contributed by atoms with van der Waals surface area (Å²) in [6, 6.07) is 60.2. The molecule has 287 valence electrons. The van der Waals surface area contributed by atoms with E-state index in [2.05, 4.69) is 198 Å². The summed E-state index contributed by atoms with van der Waals surface area (Å²) in [6.07, 6.45) is 12.1. The second-order valence-electron chi connectivity index (χ2n) is 14.3. The van der Waals surface area contributed by atoms with Crippen molar-refractivity contribution in [1.82, 2.24) is 14.8 Å². The predicted molar refractivity (Wildman–Crippen MR) is 246 cm³/mol. The predicted octanol–water partition coefficient (Wildman–Crippen LogP) is 11.8. The van der Waals surface area contributed by atoms with Gasteiger partial charge in [0, 0.05) is 5.56 Å². The Labute approximate surface area is 359 Å². The van der Waals surface area contributed by atoms with Crippen LogP contribution in [0.2, 0.25) is 0 Å². The summed E-state index contributed by atoms with van der Waals surface area (Å²) >= 11 is 1.80. The number of aromatic nitrogens is 3. The van der Waals surface area contributed by atoms with E-state index in [0.717, 1.165) is 69.7 Å². The van der Waals surface area contributed by atoms with Gasteiger partial charge in [-0.1, -0.05) is 54.6 Å². The molecule has 0 N–H and O–H groups in total. The molecule has 0 unspecified atom stereocenters. The van der Waals surface area contributed by atoms with E-state index < -0.39 is 7.26 Å². The third kappa shape index (κ3) is 8.26. The van der Waals surface area contributed by atoms with Gasteiger partial charge < -0.3 is 0 Å². The Morgan fingerprint density at radius 1 is 0.610 bits per heavy atom. The average Bonchev–Trinajstić information content (AvgIpc) is 3.96. The number of nitrogens with zero attached hydrogens (tertiary/aromatic N) is 3. The van der Waals surface area contributed by atoms with Crippen LogP contribution in [-0.4, -0.2) is 14.8 Å². The van der Waals surface area contributed by atoms with E-state index in [1.54, 1.807) is 17.9 Å². The molecule has 1 saturated carbocycles. The van der Waals surface area contributed by atoms with Crippen LogP contribution in [0, 0.1) is 16.2 Å². The van der Waals surface area contributed by atoms with Crippen molar-refractivity contribution in [2.45, 2.75) is 33.1 Å². The number of hydrogen-bond donors (Lipinski definition) is 0. The molecule has 1 aromatic heterocycles. The molecule has 1 aliphatic rings. The molecule has 7 aromatic rings. The van der Waals surface area contributed by atoms with Gasteiger partial charge >= 0.3 is 276 Å². The van der Waals surface area contributed by atoms with Crippen molar-refractivity contribution in [3.05, 3.63) is 221 Å². The summed E-state index contributed by atoms with van der Waals surface area (Å²) in [4.78, 5) is 0. The molecule has 5 heteroatoms. The number of benzene rings is 6. The molecule has 0 atom stereocenters. The van der Waals surface area contributed by atoms with Crippen LogP contribution in [0.15, 0.2) is 210 Å². The van der Waals surface area contributed by atoms with Gasteiger partial charge in [0.15, 0.2) is 0 Å². The molecule has 1 fully saturated rings. The summed E-state index contributed by atoms with van der Waals surface area (Å²) in [5.41, 5.74) is 8.82. The Morgan fingerprint density at radius 2 is 1.10 bits per heavy atom. The molecule has 0 bridgehead atoms. The standard InChI is InChI=1S/C54H44N3P.Os/c1-4-19-42-30-35-45(36-31-42)53-55-56-54(57(53)49-22-10-6-11-23-49)46-37-32-43(33-38-46)34-39-47(40-48-21-18-20-44(48)5-2)41(3)58(50-24-12-7-13-25-50,51-26-14-8-15-27-51)52-28-16-9-17-29-52;/h4-17,19,22-33,35-38,40H,18,20-21H2,1-2H3;/q+1;/b19-4-,44-5?,47-41?,48-40?;. The van der Waals surface area contributed by atoms with Crippen molar-refractivity contribution in [3.8, 4) is 44.7 Å². The molecule has 1 aliphatic carbocycles. The van der Waals surface area contributed by atoms with Crippen LogP contribution in [-0.2, 0) is 17.9 Å². The van der Waals surface area contributed by atoms with Gasteiger partial charge in [-0.2, -0.15) is 0 Å². The van der Waals surface area contributed by atoms with Crippen molar-refractivity contribution in [2.24, 2.45) is 0 Å². The van der Waals surface area contributed by atoms with Crippen LogP contribution in [0.5, 0.6) is 0 Å². The summed E-state index contributed by atoms with van der Waals surface area (Å²) < 4.78 is 5.97. The zero-order valence-corrected chi connectivity index (χ0v) is 36.7. The van der Waals surface area contributed by atoms with Gasteiger partial charge in [-0.3, -0.25) is 0 Å². The number of allylic oxidation sites excluding steroid dienone is 7. The molecule has 0 spiro atoms.